The number of alkyl halides is 1. The summed E-state index contributed by atoms with van der Waals surface area (Å²) in [7, 11) is 0. The Morgan fingerprint density at radius 3 is 2.86 bits per heavy atom. The number of primary amides is 1. The number of amides is 1. The molecule has 0 fully saturated rings. The van der Waals surface area contributed by atoms with E-state index in [-0.39, 0.29) is 11.3 Å². The fourth-order valence-electron chi connectivity index (χ4n) is 0.947. The number of benzene rings is 1. The number of aromatic hydroxyl groups is 1. The lowest BCUT2D eigenvalue weighted by Gasteiger charge is -1.99. The second-order valence-electron chi connectivity index (χ2n) is 2.53. The molecule has 1 aromatic rings. The number of carbonyl (C=O) groups is 1. The summed E-state index contributed by atoms with van der Waals surface area (Å²) in [4.78, 5) is 10.9. The minimum atomic E-state index is -0.662. The van der Waals surface area contributed by atoms with E-state index in [9.17, 15) is 9.90 Å². The van der Waals surface area contributed by atoms with Crippen LogP contribution in [0.2, 0.25) is 0 Å². The van der Waals surface area contributed by atoms with Gasteiger partial charge in [0, 0.05) is 5.56 Å². The van der Waals surface area contributed by atoms with Gasteiger partial charge in [-0.25, -0.2) is 0 Å². The average molecular weight is 254 g/mol. The lowest BCUT2D eigenvalue weighted by atomic mass is 10.1. The van der Waals surface area contributed by atoms with Crippen molar-refractivity contribution in [3.8, 4) is 17.6 Å². The topological polar surface area (TPSA) is 63.3 Å². The van der Waals surface area contributed by atoms with E-state index < -0.39 is 5.91 Å². The Kier molecular flexibility index (Phi) is 3.55. The molecule has 0 atom stereocenters. The van der Waals surface area contributed by atoms with Gasteiger partial charge < -0.3 is 10.8 Å². The van der Waals surface area contributed by atoms with Gasteiger partial charge in [-0.3, -0.25) is 4.79 Å². The highest BCUT2D eigenvalue weighted by molar-refractivity contribution is 9.09. The molecule has 0 radical (unpaired) electrons. The number of nitrogens with two attached hydrogens (primary N) is 1. The van der Waals surface area contributed by atoms with E-state index in [0.717, 1.165) is 0 Å². The lowest BCUT2D eigenvalue weighted by molar-refractivity contribution is 0.0997. The van der Waals surface area contributed by atoms with Crippen LogP contribution in [0.15, 0.2) is 18.2 Å². The van der Waals surface area contributed by atoms with E-state index in [1.807, 2.05) is 0 Å². The van der Waals surface area contributed by atoms with Crippen LogP contribution in [0.5, 0.6) is 5.75 Å². The Balaban J connectivity index is 3.13. The number of hydrogen-bond donors (Lipinski definition) is 2. The Morgan fingerprint density at radius 2 is 2.29 bits per heavy atom. The summed E-state index contributed by atoms with van der Waals surface area (Å²) in [5.41, 5.74) is 5.79. The zero-order valence-electron chi connectivity index (χ0n) is 7.25. The fraction of sp³-hybridized carbons (Fsp3) is 0.100. The van der Waals surface area contributed by atoms with Crippen molar-refractivity contribution in [3.63, 3.8) is 0 Å². The first kappa shape index (κ1) is 10.6. The molecule has 0 saturated carbocycles. The minimum absolute atomic E-state index is 0.0892. The van der Waals surface area contributed by atoms with Crippen LogP contribution in [0.25, 0.3) is 0 Å². The van der Waals surface area contributed by atoms with Crippen LogP contribution in [0.4, 0.5) is 0 Å². The highest BCUT2D eigenvalue weighted by Gasteiger charge is 2.06. The van der Waals surface area contributed by atoms with Gasteiger partial charge in [0.1, 0.15) is 5.75 Å². The van der Waals surface area contributed by atoms with Crippen LogP contribution in [0.3, 0.4) is 0 Å². The van der Waals surface area contributed by atoms with Gasteiger partial charge >= 0.3 is 0 Å². The van der Waals surface area contributed by atoms with E-state index in [2.05, 4.69) is 27.8 Å². The zero-order chi connectivity index (χ0) is 10.6. The van der Waals surface area contributed by atoms with Crippen LogP contribution in [0, 0.1) is 11.8 Å². The molecule has 1 aromatic carbocycles. The molecular formula is C10H8BrNO2. The molecule has 0 spiro atoms. The molecule has 4 heteroatoms. The summed E-state index contributed by atoms with van der Waals surface area (Å²) < 4.78 is 0. The summed E-state index contributed by atoms with van der Waals surface area (Å²) in [6.07, 6.45) is 0. The van der Waals surface area contributed by atoms with Gasteiger partial charge in [0.2, 0.25) is 0 Å². The molecule has 0 bridgehead atoms. The van der Waals surface area contributed by atoms with Gasteiger partial charge in [-0.2, -0.15) is 0 Å². The number of rotatable bonds is 1. The third-order valence-electron chi connectivity index (χ3n) is 1.56. The Hall–Kier alpha value is -1.47. The van der Waals surface area contributed by atoms with E-state index in [1.165, 1.54) is 12.1 Å². The van der Waals surface area contributed by atoms with E-state index >= 15 is 0 Å². The monoisotopic (exact) mass is 253 g/mol. The minimum Gasteiger partial charge on any atom is -0.507 e. The van der Waals surface area contributed by atoms with Crippen molar-refractivity contribution in [3.05, 3.63) is 29.3 Å². The summed E-state index contributed by atoms with van der Waals surface area (Å²) in [5.74, 6) is 4.80. The van der Waals surface area contributed by atoms with Crippen LogP contribution in [0.1, 0.15) is 15.9 Å². The molecule has 0 aliphatic carbocycles. The molecular weight excluding hydrogens is 246 g/mol. The van der Waals surface area contributed by atoms with Crippen molar-refractivity contribution in [2.45, 2.75) is 0 Å². The van der Waals surface area contributed by atoms with Gasteiger partial charge in [0.15, 0.2) is 0 Å². The van der Waals surface area contributed by atoms with Crippen LogP contribution in [-0.4, -0.2) is 16.3 Å². The largest absolute Gasteiger partial charge is 0.507 e. The maximum atomic E-state index is 10.9. The van der Waals surface area contributed by atoms with Crippen molar-refractivity contribution in [1.29, 1.82) is 0 Å². The van der Waals surface area contributed by atoms with Crippen LogP contribution < -0.4 is 5.73 Å². The maximum Gasteiger partial charge on any atom is 0.252 e. The molecule has 1 amide bonds. The normalized spacial score (nSPS) is 8.93. The molecule has 0 aliphatic heterocycles. The molecule has 14 heavy (non-hydrogen) atoms. The standard InChI is InChI=1S/C10H8BrNO2/c11-5-1-2-7-3-4-9(13)8(6-7)10(12)14/h3-4,6,13H,5H2,(H2,12,14). The predicted octanol–water partition coefficient (Wildman–Crippen LogP) is 1.24. The fourth-order valence-corrected chi connectivity index (χ4v) is 1.09. The first-order valence-electron chi connectivity index (χ1n) is 3.83. The van der Waals surface area contributed by atoms with Gasteiger partial charge in [0.25, 0.3) is 5.91 Å². The SMILES string of the molecule is NC(=O)c1cc(C#CCBr)ccc1O. The maximum absolute atomic E-state index is 10.9. The average Bonchev–Trinajstić information content (AvgIpc) is 2.16. The first-order chi connectivity index (χ1) is 6.65. The smallest absolute Gasteiger partial charge is 0.252 e. The number of halogens is 1. The second kappa shape index (κ2) is 4.68. The number of phenols is 1. The molecule has 0 aromatic heterocycles. The van der Waals surface area contributed by atoms with Gasteiger partial charge in [-0.15, -0.1) is 0 Å². The predicted molar refractivity (Wildman–Crippen MR) is 57.3 cm³/mol. The lowest BCUT2D eigenvalue weighted by Crippen LogP contribution is -2.11. The van der Waals surface area contributed by atoms with E-state index in [4.69, 9.17) is 5.73 Å². The molecule has 0 aliphatic rings. The Bertz CT molecular complexity index is 418. The third-order valence-corrected chi connectivity index (χ3v) is 1.84. The van der Waals surface area contributed by atoms with Crippen molar-refractivity contribution in [2.75, 3.05) is 5.33 Å². The highest BCUT2D eigenvalue weighted by Crippen LogP contribution is 2.17. The molecule has 0 unspecified atom stereocenters. The molecule has 0 heterocycles. The quantitative estimate of drug-likeness (QED) is 0.585. The molecule has 3 N–H and O–H groups in total. The first-order valence-corrected chi connectivity index (χ1v) is 4.95. The highest BCUT2D eigenvalue weighted by atomic mass is 79.9. The summed E-state index contributed by atoms with van der Waals surface area (Å²) >= 11 is 3.15. The van der Waals surface area contributed by atoms with Gasteiger partial charge in [-0.1, -0.05) is 27.8 Å². The van der Waals surface area contributed by atoms with E-state index in [0.29, 0.717) is 10.9 Å². The number of carbonyl (C=O) groups excluding carboxylic acids is 1. The Labute approximate surface area is 90.1 Å². The summed E-state index contributed by atoms with van der Waals surface area (Å²) in [6.45, 7) is 0. The Morgan fingerprint density at radius 1 is 1.57 bits per heavy atom. The van der Waals surface area contributed by atoms with Gasteiger partial charge in [-0.05, 0) is 18.2 Å². The summed E-state index contributed by atoms with van der Waals surface area (Å²) in [5, 5.41) is 9.83. The molecule has 0 saturated heterocycles. The molecule has 1 rings (SSSR count). The third kappa shape index (κ3) is 2.51. The van der Waals surface area contributed by atoms with Crippen molar-refractivity contribution in [2.24, 2.45) is 5.73 Å². The van der Waals surface area contributed by atoms with Crippen LogP contribution in [-0.2, 0) is 0 Å². The molecule has 72 valence electrons. The van der Waals surface area contributed by atoms with Gasteiger partial charge in [0.05, 0.1) is 10.9 Å². The van der Waals surface area contributed by atoms with Crippen molar-refractivity contribution >= 4 is 21.8 Å². The zero-order valence-corrected chi connectivity index (χ0v) is 8.84. The number of hydrogen-bond acceptors (Lipinski definition) is 2. The van der Waals surface area contributed by atoms with E-state index in [1.54, 1.807) is 6.07 Å². The van der Waals surface area contributed by atoms with Crippen molar-refractivity contribution < 1.29 is 9.90 Å². The second-order valence-corrected chi connectivity index (χ2v) is 3.09. The summed E-state index contributed by atoms with van der Waals surface area (Å²) in [6, 6.07) is 4.49. The molecule has 3 nitrogen and oxygen atoms in total. The van der Waals surface area contributed by atoms with Crippen LogP contribution >= 0.6 is 15.9 Å². The van der Waals surface area contributed by atoms with Crippen molar-refractivity contribution in [1.82, 2.24) is 0 Å².